The fraction of sp³-hybridized carbons (Fsp3) is 0.455. The summed E-state index contributed by atoms with van der Waals surface area (Å²) < 4.78 is 5.23. The van der Waals surface area contributed by atoms with Crippen molar-refractivity contribution in [2.45, 2.75) is 24.8 Å². The number of fused-ring (bicyclic) bond motifs is 2. The summed E-state index contributed by atoms with van der Waals surface area (Å²) >= 11 is 1.68. The van der Waals surface area contributed by atoms with Crippen LogP contribution in [0, 0.1) is 0 Å². The van der Waals surface area contributed by atoms with Gasteiger partial charge in [0.1, 0.15) is 11.3 Å². The van der Waals surface area contributed by atoms with Crippen molar-refractivity contribution in [2.75, 3.05) is 44.9 Å². The van der Waals surface area contributed by atoms with Crippen LogP contribution in [0.25, 0.3) is 0 Å². The first kappa shape index (κ1) is 19.4. The van der Waals surface area contributed by atoms with Crippen LogP contribution < -0.4 is 15.0 Å². The van der Waals surface area contributed by atoms with E-state index in [9.17, 15) is 9.59 Å². The number of aryl methyl sites for hydroxylation is 1. The van der Waals surface area contributed by atoms with E-state index in [0.717, 1.165) is 56.0 Å². The molecule has 0 bridgehead atoms. The first-order valence-corrected chi connectivity index (χ1v) is 11.3. The van der Waals surface area contributed by atoms with Crippen LogP contribution in [0.15, 0.2) is 35.7 Å². The molecule has 5 rings (SSSR count). The number of nitrogens with zero attached hydrogens (tertiary/aromatic N) is 3. The van der Waals surface area contributed by atoms with Gasteiger partial charge in [-0.05, 0) is 55.0 Å². The predicted molar refractivity (Wildman–Crippen MR) is 116 cm³/mol. The Morgan fingerprint density at radius 2 is 1.87 bits per heavy atom. The second-order valence-electron chi connectivity index (χ2n) is 8.12. The summed E-state index contributed by atoms with van der Waals surface area (Å²) in [5.74, 6) is 0.755. The zero-order valence-corrected chi connectivity index (χ0v) is 17.9. The number of rotatable bonds is 4. The van der Waals surface area contributed by atoms with Crippen molar-refractivity contribution in [1.82, 2.24) is 15.1 Å². The molecule has 1 spiro atoms. The smallest absolute Gasteiger partial charge is 0.326 e. The molecule has 2 aromatic rings. The Hall–Kier alpha value is -2.58. The summed E-state index contributed by atoms with van der Waals surface area (Å²) in [6.07, 6.45) is 2.60. The highest BCUT2D eigenvalue weighted by Crippen LogP contribution is 2.42. The van der Waals surface area contributed by atoms with Crippen molar-refractivity contribution in [3.8, 4) is 5.75 Å². The number of hydrogen-bond donors (Lipinski definition) is 1. The lowest BCUT2D eigenvalue weighted by Gasteiger charge is -2.37. The van der Waals surface area contributed by atoms with Gasteiger partial charge in [-0.3, -0.25) is 9.69 Å². The van der Waals surface area contributed by atoms with Gasteiger partial charge in [0.05, 0.1) is 13.8 Å². The molecule has 0 saturated carbocycles. The number of benzene rings is 1. The molecule has 3 amide bonds. The first-order valence-electron chi connectivity index (χ1n) is 10.4. The lowest BCUT2D eigenvalue weighted by molar-refractivity contribution is -0.133. The number of imide groups is 1. The maximum Gasteiger partial charge on any atom is 0.326 e. The molecule has 1 atom stereocenters. The van der Waals surface area contributed by atoms with Crippen LogP contribution in [-0.2, 0) is 16.8 Å². The van der Waals surface area contributed by atoms with Crippen molar-refractivity contribution in [1.29, 1.82) is 0 Å². The Kier molecular flexibility index (Phi) is 4.91. The minimum absolute atomic E-state index is 0.0931. The summed E-state index contributed by atoms with van der Waals surface area (Å²) in [6, 6.07) is 9.81. The monoisotopic (exact) mass is 426 g/mol. The van der Waals surface area contributed by atoms with Gasteiger partial charge in [0.25, 0.3) is 5.91 Å². The molecule has 3 heterocycles. The summed E-state index contributed by atoms with van der Waals surface area (Å²) in [6.45, 7) is 3.67. The fourth-order valence-electron chi connectivity index (χ4n) is 4.81. The highest BCUT2D eigenvalue weighted by Gasteiger charge is 2.54. The van der Waals surface area contributed by atoms with Gasteiger partial charge < -0.3 is 15.0 Å². The SMILES string of the molecule is COc1ccc(N2CCN(CN3C(=O)NC4(CCCc5sccc54)C3=O)CC2)cc1. The summed E-state index contributed by atoms with van der Waals surface area (Å²) in [4.78, 5) is 33.3. The van der Waals surface area contributed by atoms with Gasteiger partial charge in [0, 0.05) is 42.3 Å². The van der Waals surface area contributed by atoms with Gasteiger partial charge in [-0.2, -0.15) is 0 Å². The summed E-state index contributed by atoms with van der Waals surface area (Å²) in [7, 11) is 1.67. The van der Waals surface area contributed by atoms with Crippen LogP contribution >= 0.6 is 11.3 Å². The number of ether oxygens (including phenoxy) is 1. The minimum Gasteiger partial charge on any atom is -0.497 e. The number of anilines is 1. The number of methoxy groups -OCH3 is 1. The number of hydrogen-bond acceptors (Lipinski definition) is 6. The van der Waals surface area contributed by atoms with Crippen molar-refractivity contribution in [3.05, 3.63) is 46.2 Å². The molecule has 158 valence electrons. The first-order chi connectivity index (χ1) is 14.6. The van der Waals surface area contributed by atoms with Crippen LogP contribution in [-0.4, -0.2) is 61.7 Å². The minimum atomic E-state index is -0.852. The van der Waals surface area contributed by atoms with E-state index < -0.39 is 5.54 Å². The standard InChI is InChI=1S/C22H26N4O3S/c1-29-17-6-4-16(5-7-17)25-12-10-24(11-13-25)15-26-20(27)22(23-21(26)28)9-2-3-19-18(22)8-14-30-19/h4-8,14H,2-3,9-13,15H2,1H3,(H,23,28). The third-order valence-corrected chi connectivity index (χ3v) is 7.47. The molecule has 1 aliphatic carbocycles. The molecule has 2 saturated heterocycles. The lowest BCUT2D eigenvalue weighted by atomic mass is 9.80. The van der Waals surface area contributed by atoms with Gasteiger partial charge in [0.2, 0.25) is 0 Å². The molecule has 2 fully saturated rings. The second-order valence-corrected chi connectivity index (χ2v) is 9.12. The Labute approximate surface area is 180 Å². The maximum absolute atomic E-state index is 13.4. The second kappa shape index (κ2) is 7.59. The van der Waals surface area contributed by atoms with E-state index in [1.165, 1.54) is 9.78 Å². The zero-order chi connectivity index (χ0) is 20.7. The van der Waals surface area contributed by atoms with E-state index in [-0.39, 0.29) is 11.9 Å². The molecular formula is C22H26N4O3S. The van der Waals surface area contributed by atoms with Crippen molar-refractivity contribution in [2.24, 2.45) is 0 Å². The van der Waals surface area contributed by atoms with E-state index in [4.69, 9.17) is 4.74 Å². The van der Waals surface area contributed by atoms with Crippen LogP contribution in [0.1, 0.15) is 23.3 Å². The molecule has 0 radical (unpaired) electrons. The molecule has 1 aromatic heterocycles. The van der Waals surface area contributed by atoms with E-state index in [1.54, 1.807) is 18.4 Å². The number of piperazine rings is 1. The van der Waals surface area contributed by atoms with Gasteiger partial charge in [-0.1, -0.05) is 0 Å². The maximum atomic E-state index is 13.4. The largest absolute Gasteiger partial charge is 0.497 e. The van der Waals surface area contributed by atoms with Crippen molar-refractivity contribution >= 4 is 29.0 Å². The number of thiophene rings is 1. The number of carbonyl (C=O) groups excluding carboxylic acids is 2. The number of nitrogens with one attached hydrogen (secondary N) is 1. The molecule has 2 aliphatic heterocycles. The van der Waals surface area contributed by atoms with E-state index >= 15 is 0 Å². The van der Waals surface area contributed by atoms with Crippen LogP contribution in [0.5, 0.6) is 5.75 Å². The molecule has 7 nitrogen and oxygen atoms in total. The normalized spacial score (nSPS) is 24.3. The van der Waals surface area contributed by atoms with Gasteiger partial charge >= 0.3 is 6.03 Å². The average Bonchev–Trinajstić information content (AvgIpc) is 3.35. The van der Waals surface area contributed by atoms with Crippen molar-refractivity contribution in [3.63, 3.8) is 0 Å². The Bertz CT molecular complexity index is 952. The zero-order valence-electron chi connectivity index (χ0n) is 17.1. The van der Waals surface area contributed by atoms with E-state index in [1.807, 2.05) is 23.6 Å². The molecule has 30 heavy (non-hydrogen) atoms. The predicted octanol–water partition coefficient (Wildman–Crippen LogP) is 2.62. The third kappa shape index (κ3) is 3.15. The van der Waals surface area contributed by atoms with E-state index in [2.05, 4.69) is 27.2 Å². The van der Waals surface area contributed by atoms with Crippen LogP contribution in [0.4, 0.5) is 10.5 Å². The Balaban J connectivity index is 1.24. The molecule has 1 N–H and O–H groups in total. The summed E-state index contributed by atoms with van der Waals surface area (Å²) in [5.41, 5.74) is 1.32. The molecule has 3 aliphatic rings. The number of amides is 3. The fourth-order valence-corrected chi connectivity index (χ4v) is 5.81. The molecule has 1 unspecified atom stereocenters. The van der Waals surface area contributed by atoms with Gasteiger partial charge in [-0.25, -0.2) is 9.69 Å². The van der Waals surface area contributed by atoms with E-state index in [0.29, 0.717) is 13.1 Å². The van der Waals surface area contributed by atoms with Crippen LogP contribution in [0.3, 0.4) is 0 Å². The Morgan fingerprint density at radius 3 is 2.60 bits per heavy atom. The molecule has 1 aromatic carbocycles. The molecule has 8 heteroatoms. The number of urea groups is 1. The van der Waals surface area contributed by atoms with Crippen LogP contribution in [0.2, 0.25) is 0 Å². The van der Waals surface area contributed by atoms with Gasteiger partial charge in [0.15, 0.2) is 0 Å². The average molecular weight is 427 g/mol. The van der Waals surface area contributed by atoms with Gasteiger partial charge in [-0.15, -0.1) is 11.3 Å². The summed E-state index contributed by atoms with van der Waals surface area (Å²) in [5, 5.41) is 5.07. The molecular weight excluding hydrogens is 400 g/mol. The lowest BCUT2D eigenvalue weighted by Crippen LogP contribution is -2.52. The number of carbonyl (C=O) groups is 2. The quantitative estimate of drug-likeness (QED) is 0.762. The highest BCUT2D eigenvalue weighted by atomic mass is 32.1. The Morgan fingerprint density at radius 1 is 1.10 bits per heavy atom. The highest BCUT2D eigenvalue weighted by molar-refractivity contribution is 7.10. The van der Waals surface area contributed by atoms with Crippen molar-refractivity contribution < 1.29 is 14.3 Å². The third-order valence-electron chi connectivity index (χ3n) is 6.49. The topological polar surface area (TPSA) is 65.1 Å².